The van der Waals surface area contributed by atoms with Gasteiger partial charge in [-0.3, -0.25) is 0 Å². The Bertz CT molecular complexity index is 312. The third-order valence-corrected chi connectivity index (χ3v) is 3.33. The summed E-state index contributed by atoms with van der Waals surface area (Å²) < 4.78 is 5.20. The van der Waals surface area contributed by atoms with E-state index in [-0.39, 0.29) is 0 Å². The van der Waals surface area contributed by atoms with Crippen molar-refractivity contribution in [3.05, 3.63) is 35.9 Å². The van der Waals surface area contributed by atoms with Crippen LogP contribution in [-0.2, 0) is 4.74 Å². The smallest absolute Gasteiger partial charge is 0.0615 e. The van der Waals surface area contributed by atoms with Gasteiger partial charge in [-0.05, 0) is 18.4 Å². The fraction of sp³-hybridized carbons (Fsp3) is 0.571. The lowest BCUT2D eigenvalue weighted by Gasteiger charge is -2.15. The molecule has 0 saturated heterocycles. The Kier molecular flexibility index (Phi) is 3.97. The Hall–Kier alpha value is -0.860. The first-order chi connectivity index (χ1) is 7.85. The average molecular weight is 219 g/mol. The van der Waals surface area contributed by atoms with Crippen molar-refractivity contribution in [2.45, 2.75) is 37.8 Å². The minimum atomic E-state index is 0.503. The molecule has 1 aliphatic rings. The van der Waals surface area contributed by atoms with Crippen LogP contribution in [0.3, 0.4) is 0 Å². The molecule has 0 heterocycles. The number of methoxy groups -OCH3 is 1. The molecule has 1 fully saturated rings. The van der Waals surface area contributed by atoms with Crippen molar-refractivity contribution in [3.8, 4) is 0 Å². The molecule has 88 valence electrons. The van der Waals surface area contributed by atoms with Crippen LogP contribution in [0.5, 0.6) is 0 Å². The molecule has 3 unspecified atom stereocenters. The molecule has 3 atom stereocenters. The van der Waals surface area contributed by atoms with E-state index in [2.05, 4.69) is 42.6 Å². The van der Waals surface area contributed by atoms with Gasteiger partial charge in [-0.2, -0.15) is 0 Å². The lowest BCUT2D eigenvalue weighted by molar-refractivity contribution is 0.163. The van der Waals surface area contributed by atoms with E-state index < -0.39 is 0 Å². The SMILES string of the molecule is CCC(COC)NC1CC1c1ccccc1. The maximum atomic E-state index is 5.20. The largest absolute Gasteiger partial charge is 0.383 e. The Morgan fingerprint density at radius 3 is 2.75 bits per heavy atom. The first-order valence-corrected chi connectivity index (χ1v) is 6.15. The first kappa shape index (κ1) is 11.6. The monoisotopic (exact) mass is 219 g/mol. The maximum absolute atomic E-state index is 5.20. The van der Waals surface area contributed by atoms with Gasteiger partial charge in [0, 0.05) is 25.1 Å². The Morgan fingerprint density at radius 1 is 1.38 bits per heavy atom. The summed E-state index contributed by atoms with van der Waals surface area (Å²) in [6.45, 7) is 3.02. The molecule has 0 amide bonds. The van der Waals surface area contributed by atoms with Crippen LogP contribution in [0.25, 0.3) is 0 Å². The number of hydrogen-bond acceptors (Lipinski definition) is 2. The van der Waals surface area contributed by atoms with Crippen molar-refractivity contribution in [1.82, 2.24) is 5.32 Å². The Labute approximate surface area is 98.0 Å². The fourth-order valence-electron chi connectivity index (χ4n) is 2.24. The maximum Gasteiger partial charge on any atom is 0.0615 e. The van der Waals surface area contributed by atoms with E-state index >= 15 is 0 Å². The molecule has 0 aromatic heterocycles. The lowest BCUT2D eigenvalue weighted by atomic mass is 10.1. The normalized spacial score (nSPS) is 25.4. The summed E-state index contributed by atoms with van der Waals surface area (Å²) in [7, 11) is 1.77. The first-order valence-electron chi connectivity index (χ1n) is 6.15. The highest BCUT2D eigenvalue weighted by molar-refractivity contribution is 5.27. The number of benzene rings is 1. The molecule has 1 aromatic rings. The van der Waals surface area contributed by atoms with E-state index in [1.54, 1.807) is 7.11 Å². The molecule has 16 heavy (non-hydrogen) atoms. The third kappa shape index (κ3) is 2.83. The molecule has 1 aromatic carbocycles. The van der Waals surface area contributed by atoms with Crippen LogP contribution in [-0.4, -0.2) is 25.8 Å². The van der Waals surface area contributed by atoms with Crippen LogP contribution in [0, 0.1) is 0 Å². The summed E-state index contributed by atoms with van der Waals surface area (Å²) >= 11 is 0. The van der Waals surface area contributed by atoms with Gasteiger partial charge < -0.3 is 10.1 Å². The van der Waals surface area contributed by atoms with Crippen LogP contribution in [0.2, 0.25) is 0 Å². The molecular weight excluding hydrogens is 198 g/mol. The van der Waals surface area contributed by atoms with Crippen LogP contribution in [0.15, 0.2) is 30.3 Å². The zero-order valence-corrected chi connectivity index (χ0v) is 10.1. The molecule has 2 rings (SSSR count). The molecule has 0 radical (unpaired) electrons. The highest BCUT2D eigenvalue weighted by Gasteiger charge is 2.38. The zero-order chi connectivity index (χ0) is 11.4. The van der Waals surface area contributed by atoms with E-state index in [0.717, 1.165) is 13.0 Å². The van der Waals surface area contributed by atoms with Gasteiger partial charge in [0.15, 0.2) is 0 Å². The zero-order valence-electron chi connectivity index (χ0n) is 10.1. The number of rotatable bonds is 6. The van der Waals surface area contributed by atoms with Crippen molar-refractivity contribution in [3.63, 3.8) is 0 Å². The third-order valence-electron chi connectivity index (χ3n) is 3.33. The minimum absolute atomic E-state index is 0.503. The van der Waals surface area contributed by atoms with E-state index in [9.17, 15) is 0 Å². The minimum Gasteiger partial charge on any atom is -0.383 e. The van der Waals surface area contributed by atoms with E-state index in [1.807, 2.05) is 0 Å². The van der Waals surface area contributed by atoms with Crippen molar-refractivity contribution < 1.29 is 4.74 Å². The van der Waals surface area contributed by atoms with E-state index in [1.165, 1.54) is 12.0 Å². The lowest BCUT2D eigenvalue weighted by Crippen LogP contribution is -2.34. The second-order valence-electron chi connectivity index (χ2n) is 4.59. The topological polar surface area (TPSA) is 21.3 Å². The fourth-order valence-corrected chi connectivity index (χ4v) is 2.24. The number of hydrogen-bond donors (Lipinski definition) is 1. The number of nitrogens with one attached hydrogen (secondary N) is 1. The quantitative estimate of drug-likeness (QED) is 0.794. The van der Waals surface area contributed by atoms with Crippen LogP contribution >= 0.6 is 0 Å². The van der Waals surface area contributed by atoms with Gasteiger partial charge in [-0.1, -0.05) is 37.3 Å². The summed E-state index contributed by atoms with van der Waals surface area (Å²) in [5.41, 5.74) is 1.47. The van der Waals surface area contributed by atoms with Crippen molar-refractivity contribution in [1.29, 1.82) is 0 Å². The van der Waals surface area contributed by atoms with Gasteiger partial charge in [0.1, 0.15) is 0 Å². The second-order valence-corrected chi connectivity index (χ2v) is 4.59. The van der Waals surface area contributed by atoms with Gasteiger partial charge in [0.05, 0.1) is 6.61 Å². The van der Waals surface area contributed by atoms with E-state index in [4.69, 9.17) is 4.74 Å². The second kappa shape index (κ2) is 5.46. The molecule has 0 bridgehead atoms. The molecule has 2 heteroatoms. The highest BCUT2D eigenvalue weighted by Crippen LogP contribution is 2.40. The predicted octanol–water partition coefficient (Wildman–Crippen LogP) is 2.56. The Morgan fingerprint density at radius 2 is 2.12 bits per heavy atom. The summed E-state index contributed by atoms with van der Waals surface area (Å²) in [6, 6.07) is 11.9. The predicted molar refractivity (Wildman–Crippen MR) is 66.7 cm³/mol. The summed E-state index contributed by atoms with van der Waals surface area (Å²) in [4.78, 5) is 0. The molecule has 1 aliphatic carbocycles. The van der Waals surface area contributed by atoms with Crippen LogP contribution < -0.4 is 5.32 Å². The van der Waals surface area contributed by atoms with Crippen molar-refractivity contribution in [2.24, 2.45) is 0 Å². The standard InChI is InChI=1S/C14H21NO/c1-3-12(10-16-2)15-14-9-13(14)11-7-5-4-6-8-11/h4-8,12-15H,3,9-10H2,1-2H3. The van der Waals surface area contributed by atoms with E-state index in [0.29, 0.717) is 18.0 Å². The molecular formula is C14H21NO. The van der Waals surface area contributed by atoms with Crippen LogP contribution in [0.1, 0.15) is 31.2 Å². The highest BCUT2D eigenvalue weighted by atomic mass is 16.5. The molecule has 1 saturated carbocycles. The van der Waals surface area contributed by atoms with Gasteiger partial charge in [0.25, 0.3) is 0 Å². The van der Waals surface area contributed by atoms with Gasteiger partial charge in [-0.15, -0.1) is 0 Å². The molecule has 0 spiro atoms. The van der Waals surface area contributed by atoms with Crippen molar-refractivity contribution in [2.75, 3.05) is 13.7 Å². The molecule has 2 nitrogen and oxygen atoms in total. The Balaban J connectivity index is 1.83. The van der Waals surface area contributed by atoms with Gasteiger partial charge >= 0.3 is 0 Å². The van der Waals surface area contributed by atoms with Crippen molar-refractivity contribution >= 4 is 0 Å². The summed E-state index contributed by atoms with van der Waals surface area (Å²) in [6.07, 6.45) is 2.40. The van der Waals surface area contributed by atoms with Crippen LogP contribution in [0.4, 0.5) is 0 Å². The summed E-state index contributed by atoms with van der Waals surface area (Å²) in [5.74, 6) is 0.715. The summed E-state index contributed by atoms with van der Waals surface area (Å²) in [5, 5.41) is 3.67. The number of ether oxygens (including phenoxy) is 1. The van der Waals surface area contributed by atoms with Gasteiger partial charge in [0.2, 0.25) is 0 Å². The molecule has 0 aliphatic heterocycles. The molecule has 1 N–H and O–H groups in total. The average Bonchev–Trinajstić information content (AvgIpc) is 3.09. The van der Waals surface area contributed by atoms with Gasteiger partial charge in [-0.25, -0.2) is 0 Å².